The van der Waals surface area contributed by atoms with Gasteiger partial charge in [0, 0.05) is 31.0 Å². The molecule has 0 radical (unpaired) electrons. The number of hydrogen-bond acceptors (Lipinski definition) is 3. The van der Waals surface area contributed by atoms with Gasteiger partial charge < -0.3 is 9.88 Å². The molecule has 0 fully saturated rings. The van der Waals surface area contributed by atoms with Gasteiger partial charge in [-0.25, -0.2) is 13.6 Å². The zero-order chi connectivity index (χ0) is 15.5. The molecule has 2 aromatic rings. The van der Waals surface area contributed by atoms with Crippen molar-refractivity contribution < 1.29 is 8.42 Å². The second-order valence-corrected chi connectivity index (χ2v) is 6.56. The minimum atomic E-state index is -3.63. The van der Waals surface area contributed by atoms with Crippen LogP contribution < -0.4 is 10.5 Å². The van der Waals surface area contributed by atoms with E-state index in [4.69, 9.17) is 5.14 Å². The van der Waals surface area contributed by atoms with E-state index in [1.54, 1.807) is 12.1 Å². The molecule has 0 bridgehead atoms. The lowest BCUT2D eigenvalue weighted by Crippen LogP contribution is -2.20. The summed E-state index contributed by atoms with van der Waals surface area (Å²) < 4.78 is 24.6. The third-order valence-electron chi connectivity index (χ3n) is 3.56. The zero-order valence-electron chi connectivity index (χ0n) is 12.3. The predicted octanol–water partition coefficient (Wildman–Crippen LogP) is 2.01. The van der Waals surface area contributed by atoms with Gasteiger partial charge in [0.05, 0.1) is 4.90 Å². The van der Waals surface area contributed by atoms with Crippen LogP contribution in [0, 0.1) is 0 Å². The molecule has 0 aliphatic carbocycles. The number of aromatic nitrogens is 1. The van der Waals surface area contributed by atoms with Gasteiger partial charge >= 0.3 is 0 Å². The largest absolute Gasteiger partial charge is 0.351 e. The molecule has 2 rings (SSSR count). The van der Waals surface area contributed by atoms with Crippen LogP contribution in [0.3, 0.4) is 0 Å². The summed E-state index contributed by atoms with van der Waals surface area (Å²) in [7, 11) is -3.63. The molecule has 1 unspecified atom stereocenters. The van der Waals surface area contributed by atoms with Crippen LogP contribution in [-0.2, 0) is 23.1 Å². The molecule has 0 saturated heterocycles. The number of nitrogens with one attached hydrogen (secondary N) is 1. The Hall–Kier alpha value is -1.63. The molecule has 6 heteroatoms. The minimum absolute atomic E-state index is 0.125. The molecule has 1 aromatic heterocycles. The maximum absolute atomic E-state index is 11.2. The average molecular weight is 307 g/mol. The number of rotatable bonds is 6. The van der Waals surface area contributed by atoms with Crippen LogP contribution in [0.5, 0.6) is 0 Å². The van der Waals surface area contributed by atoms with Crippen molar-refractivity contribution in [3.63, 3.8) is 0 Å². The van der Waals surface area contributed by atoms with Gasteiger partial charge in [0.25, 0.3) is 0 Å². The highest BCUT2D eigenvalue weighted by atomic mass is 32.2. The number of nitrogens with two attached hydrogens (primary N) is 1. The van der Waals surface area contributed by atoms with Crippen LogP contribution >= 0.6 is 0 Å². The summed E-state index contributed by atoms with van der Waals surface area (Å²) in [6, 6.07) is 10.9. The number of hydrogen-bond donors (Lipinski definition) is 2. The van der Waals surface area contributed by atoms with Crippen LogP contribution in [0.1, 0.15) is 31.1 Å². The minimum Gasteiger partial charge on any atom is -0.351 e. The Balaban J connectivity index is 2.02. The maximum Gasteiger partial charge on any atom is 0.238 e. The second kappa shape index (κ2) is 6.43. The van der Waals surface area contributed by atoms with Gasteiger partial charge in [0.1, 0.15) is 0 Å². The number of sulfonamides is 1. The molecule has 1 heterocycles. The topological polar surface area (TPSA) is 77.1 Å². The molecular weight excluding hydrogens is 286 g/mol. The summed E-state index contributed by atoms with van der Waals surface area (Å²) in [5.74, 6) is 0. The molecule has 21 heavy (non-hydrogen) atoms. The van der Waals surface area contributed by atoms with E-state index in [-0.39, 0.29) is 10.9 Å². The first-order chi connectivity index (χ1) is 9.91. The van der Waals surface area contributed by atoms with Gasteiger partial charge in [0.2, 0.25) is 10.0 Å². The molecular formula is C15H21N3O2S. The van der Waals surface area contributed by atoms with E-state index < -0.39 is 10.0 Å². The Labute approximate surface area is 125 Å². The molecule has 0 amide bonds. The van der Waals surface area contributed by atoms with Crippen molar-refractivity contribution in [3.05, 3.63) is 53.9 Å². The molecule has 3 N–H and O–H groups in total. The quantitative estimate of drug-likeness (QED) is 0.857. The van der Waals surface area contributed by atoms with E-state index in [0.29, 0.717) is 0 Å². The number of primary sulfonamides is 1. The van der Waals surface area contributed by atoms with E-state index in [2.05, 4.69) is 29.1 Å². The summed E-state index contributed by atoms with van der Waals surface area (Å²) in [6.07, 6.45) is 2.06. The Bertz CT molecular complexity index is 690. The third kappa shape index (κ3) is 3.93. The first-order valence-corrected chi connectivity index (χ1v) is 8.46. The monoisotopic (exact) mass is 307 g/mol. The highest BCUT2D eigenvalue weighted by molar-refractivity contribution is 7.89. The Morgan fingerprint density at radius 1 is 1.24 bits per heavy atom. The van der Waals surface area contributed by atoms with E-state index in [0.717, 1.165) is 18.7 Å². The fraction of sp³-hybridized carbons (Fsp3) is 0.333. The second-order valence-electron chi connectivity index (χ2n) is 5.00. The van der Waals surface area contributed by atoms with Crippen LogP contribution in [0.15, 0.2) is 47.5 Å². The molecule has 0 aliphatic heterocycles. The Morgan fingerprint density at radius 2 is 1.90 bits per heavy atom. The van der Waals surface area contributed by atoms with Crippen molar-refractivity contribution in [2.45, 2.75) is 37.9 Å². The Morgan fingerprint density at radius 3 is 2.48 bits per heavy atom. The SMILES string of the molecule is CCn1cccc1CNC(C)c1ccc(S(N)(=O)=O)cc1. The lowest BCUT2D eigenvalue weighted by atomic mass is 10.1. The summed E-state index contributed by atoms with van der Waals surface area (Å²) in [4.78, 5) is 0.137. The van der Waals surface area contributed by atoms with Gasteiger partial charge in [-0.3, -0.25) is 0 Å². The number of aryl methyl sites for hydroxylation is 1. The lowest BCUT2D eigenvalue weighted by Gasteiger charge is -2.15. The molecule has 0 spiro atoms. The van der Waals surface area contributed by atoms with Gasteiger partial charge in [-0.05, 0) is 43.7 Å². The van der Waals surface area contributed by atoms with Crippen LogP contribution in [0.25, 0.3) is 0 Å². The molecule has 1 atom stereocenters. The smallest absolute Gasteiger partial charge is 0.238 e. The van der Waals surface area contributed by atoms with E-state index in [9.17, 15) is 8.42 Å². The summed E-state index contributed by atoms with van der Waals surface area (Å²) in [5, 5.41) is 8.52. The summed E-state index contributed by atoms with van der Waals surface area (Å²) >= 11 is 0. The highest BCUT2D eigenvalue weighted by Gasteiger charge is 2.10. The number of benzene rings is 1. The van der Waals surface area contributed by atoms with E-state index >= 15 is 0 Å². The number of nitrogens with zero attached hydrogens (tertiary/aromatic N) is 1. The van der Waals surface area contributed by atoms with Crippen molar-refractivity contribution in [3.8, 4) is 0 Å². The maximum atomic E-state index is 11.2. The highest BCUT2D eigenvalue weighted by Crippen LogP contribution is 2.16. The summed E-state index contributed by atoms with van der Waals surface area (Å²) in [6.45, 7) is 5.87. The van der Waals surface area contributed by atoms with Crippen molar-refractivity contribution in [2.75, 3.05) is 0 Å². The summed E-state index contributed by atoms with van der Waals surface area (Å²) in [5.41, 5.74) is 2.25. The fourth-order valence-electron chi connectivity index (χ4n) is 2.24. The van der Waals surface area contributed by atoms with Gasteiger partial charge in [-0.1, -0.05) is 12.1 Å². The van der Waals surface area contributed by atoms with E-state index in [1.165, 1.54) is 17.8 Å². The van der Waals surface area contributed by atoms with Crippen molar-refractivity contribution >= 4 is 10.0 Å². The van der Waals surface area contributed by atoms with Crippen molar-refractivity contribution in [2.24, 2.45) is 5.14 Å². The predicted molar refractivity (Wildman–Crippen MR) is 83.2 cm³/mol. The third-order valence-corrected chi connectivity index (χ3v) is 4.49. The van der Waals surface area contributed by atoms with E-state index in [1.807, 2.05) is 13.0 Å². The van der Waals surface area contributed by atoms with Gasteiger partial charge in [-0.15, -0.1) is 0 Å². The molecule has 5 nitrogen and oxygen atoms in total. The lowest BCUT2D eigenvalue weighted by molar-refractivity contribution is 0.549. The van der Waals surface area contributed by atoms with Crippen LogP contribution in [0.2, 0.25) is 0 Å². The zero-order valence-corrected chi connectivity index (χ0v) is 13.1. The van der Waals surface area contributed by atoms with Gasteiger partial charge in [-0.2, -0.15) is 0 Å². The Kier molecular flexibility index (Phi) is 4.82. The first-order valence-electron chi connectivity index (χ1n) is 6.92. The molecule has 114 valence electrons. The molecule has 0 aliphatic rings. The van der Waals surface area contributed by atoms with Crippen LogP contribution in [-0.4, -0.2) is 13.0 Å². The average Bonchev–Trinajstić information content (AvgIpc) is 2.91. The standard InChI is InChI=1S/C15H21N3O2S/c1-3-18-10-4-5-14(18)11-17-12(2)13-6-8-15(9-7-13)21(16,19)20/h4-10,12,17H,3,11H2,1-2H3,(H2,16,19,20). The first kappa shape index (κ1) is 15.8. The normalized spacial score (nSPS) is 13.3. The fourth-order valence-corrected chi connectivity index (χ4v) is 2.76. The van der Waals surface area contributed by atoms with Crippen molar-refractivity contribution in [1.82, 2.24) is 9.88 Å². The van der Waals surface area contributed by atoms with Crippen molar-refractivity contribution in [1.29, 1.82) is 0 Å². The molecule has 1 aromatic carbocycles. The van der Waals surface area contributed by atoms with Crippen LogP contribution in [0.4, 0.5) is 0 Å². The van der Waals surface area contributed by atoms with Gasteiger partial charge in [0.15, 0.2) is 0 Å². The molecule has 0 saturated carbocycles.